The minimum Gasteiger partial charge on any atom is -0.507 e. The van der Waals surface area contributed by atoms with Crippen molar-refractivity contribution >= 4 is 17.4 Å². The Labute approximate surface area is 210 Å². The van der Waals surface area contributed by atoms with Gasteiger partial charge in [0.15, 0.2) is 0 Å². The van der Waals surface area contributed by atoms with Crippen molar-refractivity contribution in [3.05, 3.63) is 94.8 Å². The van der Waals surface area contributed by atoms with Crippen LogP contribution in [0.2, 0.25) is 0 Å². The van der Waals surface area contributed by atoms with Crippen molar-refractivity contribution in [1.82, 2.24) is 9.88 Å². The summed E-state index contributed by atoms with van der Waals surface area (Å²) in [5.74, 6) is -0.0822. The molecule has 2 unspecified atom stereocenters. The number of aliphatic hydroxyl groups is 1. The molecule has 3 aromatic rings. The SMILES string of the molecule is CCCOc1ccc(C2C(=C(O)c3ccc4c(c3)CC(C)O4)C(=O)C(=O)N2Cc2cccnc2)cc1. The summed E-state index contributed by atoms with van der Waals surface area (Å²) in [6, 6.07) is 15.6. The molecule has 0 saturated carbocycles. The van der Waals surface area contributed by atoms with Gasteiger partial charge in [-0.3, -0.25) is 14.6 Å². The molecule has 1 saturated heterocycles. The van der Waals surface area contributed by atoms with Crippen molar-refractivity contribution in [1.29, 1.82) is 0 Å². The summed E-state index contributed by atoms with van der Waals surface area (Å²) in [4.78, 5) is 32.2. The molecule has 7 heteroatoms. The standard InChI is InChI=1S/C29H28N2O5/c1-3-13-35-23-9-6-20(7-10-23)26-25(27(32)21-8-11-24-22(15-21)14-18(2)36-24)28(33)29(34)31(26)17-19-5-4-12-30-16-19/h4-12,15-16,18,26,32H,3,13-14,17H2,1-2H3. The minimum absolute atomic E-state index is 0.0518. The zero-order valence-electron chi connectivity index (χ0n) is 20.3. The topological polar surface area (TPSA) is 89.0 Å². The minimum atomic E-state index is -0.756. The molecule has 1 N–H and O–H groups in total. The highest BCUT2D eigenvalue weighted by Crippen LogP contribution is 2.41. The molecule has 0 bridgehead atoms. The number of hydrogen-bond acceptors (Lipinski definition) is 6. The molecule has 5 rings (SSSR count). The highest BCUT2D eigenvalue weighted by atomic mass is 16.5. The van der Waals surface area contributed by atoms with Crippen LogP contribution in [-0.2, 0) is 22.6 Å². The van der Waals surface area contributed by atoms with Crippen molar-refractivity contribution in [2.75, 3.05) is 6.61 Å². The van der Waals surface area contributed by atoms with Crippen molar-refractivity contribution in [3.8, 4) is 11.5 Å². The van der Waals surface area contributed by atoms with Crippen LogP contribution in [0.3, 0.4) is 0 Å². The van der Waals surface area contributed by atoms with Gasteiger partial charge in [-0.15, -0.1) is 0 Å². The van der Waals surface area contributed by atoms with E-state index in [0.29, 0.717) is 29.9 Å². The average Bonchev–Trinajstić information content (AvgIpc) is 3.39. The van der Waals surface area contributed by atoms with Crippen molar-refractivity contribution in [3.63, 3.8) is 0 Å². The van der Waals surface area contributed by atoms with Gasteiger partial charge >= 0.3 is 0 Å². The van der Waals surface area contributed by atoms with E-state index in [1.807, 2.05) is 50.2 Å². The summed E-state index contributed by atoms with van der Waals surface area (Å²) >= 11 is 0. The lowest BCUT2D eigenvalue weighted by Gasteiger charge is -2.25. The van der Waals surface area contributed by atoms with Gasteiger partial charge < -0.3 is 19.5 Å². The predicted molar refractivity (Wildman–Crippen MR) is 135 cm³/mol. The number of nitrogens with zero attached hydrogens (tertiary/aromatic N) is 2. The second kappa shape index (κ2) is 9.85. The second-order valence-electron chi connectivity index (χ2n) is 9.16. The number of rotatable bonds is 7. The maximum Gasteiger partial charge on any atom is 0.295 e. The summed E-state index contributed by atoms with van der Waals surface area (Å²) < 4.78 is 11.5. The van der Waals surface area contributed by atoms with Gasteiger partial charge in [-0.25, -0.2) is 0 Å². The van der Waals surface area contributed by atoms with Crippen LogP contribution >= 0.6 is 0 Å². The zero-order chi connectivity index (χ0) is 25.2. The van der Waals surface area contributed by atoms with E-state index >= 15 is 0 Å². The Balaban J connectivity index is 1.58. The molecule has 2 aromatic carbocycles. The fraction of sp³-hybridized carbons (Fsp3) is 0.276. The number of pyridine rings is 1. The summed E-state index contributed by atoms with van der Waals surface area (Å²) in [7, 11) is 0. The molecule has 3 heterocycles. The highest BCUT2D eigenvalue weighted by Gasteiger charge is 2.46. The third-order valence-electron chi connectivity index (χ3n) is 6.45. The van der Waals surface area contributed by atoms with E-state index in [2.05, 4.69) is 4.98 Å². The fourth-order valence-electron chi connectivity index (χ4n) is 4.77. The number of Topliss-reactive ketones (excluding diaryl/α,β-unsaturated/α-hetero) is 1. The highest BCUT2D eigenvalue weighted by molar-refractivity contribution is 6.46. The lowest BCUT2D eigenvalue weighted by atomic mass is 9.94. The first-order valence-electron chi connectivity index (χ1n) is 12.2. The smallest absolute Gasteiger partial charge is 0.295 e. The summed E-state index contributed by atoms with van der Waals surface area (Å²) in [6.07, 6.45) is 4.98. The number of aliphatic hydroxyl groups excluding tert-OH is 1. The Bertz CT molecular complexity index is 1320. The summed E-state index contributed by atoms with van der Waals surface area (Å²) in [6.45, 7) is 4.80. The lowest BCUT2D eigenvalue weighted by molar-refractivity contribution is -0.140. The van der Waals surface area contributed by atoms with Crippen LogP contribution in [0.4, 0.5) is 0 Å². The van der Waals surface area contributed by atoms with Gasteiger partial charge in [0.1, 0.15) is 23.4 Å². The number of fused-ring (bicyclic) bond motifs is 1. The van der Waals surface area contributed by atoms with Crippen LogP contribution in [0.1, 0.15) is 48.6 Å². The number of amides is 1. The van der Waals surface area contributed by atoms with E-state index in [1.54, 1.807) is 30.6 Å². The second-order valence-corrected chi connectivity index (χ2v) is 9.16. The molecule has 7 nitrogen and oxygen atoms in total. The van der Waals surface area contributed by atoms with Crippen molar-refractivity contribution in [2.24, 2.45) is 0 Å². The largest absolute Gasteiger partial charge is 0.507 e. The van der Waals surface area contributed by atoms with E-state index < -0.39 is 17.7 Å². The molecule has 0 spiro atoms. The first-order chi connectivity index (χ1) is 17.5. The Morgan fingerprint density at radius 1 is 1.17 bits per heavy atom. The predicted octanol–water partition coefficient (Wildman–Crippen LogP) is 4.82. The number of likely N-dealkylation sites (tertiary alicyclic amines) is 1. The Hall–Kier alpha value is -4.13. The van der Waals surface area contributed by atoms with Gasteiger partial charge in [0.25, 0.3) is 11.7 Å². The van der Waals surface area contributed by atoms with Gasteiger partial charge in [0, 0.05) is 30.9 Å². The van der Waals surface area contributed by atoms with E-state index in [4.69, 9.17) is 9.47 Å². The normalized spacial score (nSPS) is 20.3. The van der Waals surface area contributed by atoms with E-state index in [9.17, 15) is 14.7 Å². The van der Waals surface area contributed by atoms with Gasteiger partial charge in [-0.05, 0) is 66.4 Å². The molecule has 0 aliphatic carbocycles. The number of carbonyl (C=O) groups excluding carboxylic acids is 2. The molecule has 2 aliphatic rings. The van der Waals surface area contributed by atoms with Gasteiger partial charge in [-0.2, -0.15) is 0 Å². The Kier molecular flexibility index (Phi) is 6.46. The number of benzene rings is 2. The van der Waals surface area contributed by atoms with E-state index in [-0.39, 0.29) is 24.0 Å². The molecule has 2 atom stereocenters. The number of ether oxygens (including phenoxy) is 2. The average molecular weight is 485 g/mol. The third kappa shape index (κ3) is 4.44. The quantitative estimate of drug-likeness (QED) is 0.294. The molecular weight excluding hydrogens is 456 g/mol. The fourth-order valence-corrected chi connectivity index (χ4v) is 4.77. The third-order valence-corrected chi connectivity index (χ3v) is 6.45. The lowest BCUT2D eigenvalue weighted by Crippen LogP contribution is -2.29. The van der Waals surface area contributed by atoms with E-state index in [1.165, 1.54) is 4.90 Å². The van der Waals surface area contributed by atoms with Crippen molar-refractivity contribution in [2.45, 2.75) is 45.4 Å². The molecule has 36 heavy (non-hydrogen) atoms. The van der Waals surface area contributed by atoms with Crippen LogP contribution in [-0.4, -0.2) is 39.4 Å². The summed E-state index contributed by atoms with van der Waals surface area (Å²) in [5, 5.41) is 11.4. The van der Waals surface area contributed by atoms with Crippen LogP contribution < -0.4 is 9.47 Å². The molecule has 1 amide bonds. The van der Waals surface area contributed by atoms with Crippen LogP contribution in [0.5, 0.6) is 11.5 Å². The maximum absolute atomic E-state index is 13.3. The van der Waals surface area contributed by atoms with Gasteiger partial charge in [-0.1, -0.05) is 25.1 Å². The first-order valence-corrected chi connectivity index (χ1v) is 12.2. The number of hydrogen-bond donors (Lipinski definition) is 1. The molecule has 184 valence electrons. The Morgan fingerprint density at radius 3 is 2.69 bits per heavy atom. The first kappa shape index (κ1) is 23.6. The Morgan fingerprint density at radius 2 is 1.97 bits per heavy atom. The molecule has 1 fully saturated rings. The van der Waals surface area contributed by atoms with Crippen LogP contribution in [0.25, 0.3) is 5.76 Å². The molecule has 2 aliphatic heterocycles. The van der Waals surface area contributed by atoms with Crippen LogP contribution in [0, 0.1) is 0 Å². The van der Waals surface area contributed by atoms with E-state index in [0.717, 1.165) is 23.3 Å². The monoisotopic (exact) mass is 484 g/mol. The zero-order valence-corrected chi connectivity index (χ0v) is 20.3. The number of aromatic nitrogens is 1. The molecule has 0 radical (unpaired) electrons. The maximum atomic E-state index is 13.3. The summed E-state index contributed by atoms with van der Waals surface area (Å²) in [5.41, 5.74) is 3.01. The van der Waals surface area contributed by atoms with Gasteiger partial charge in [0.05, 0.1) is 18.2 Å². The van der Waals surface area contributed by atoms with Crippen molar-refractivity contribution < 1.29 is 24.2 Å². The number of ketones is 1. The molecule has 1 aromatic heterocycles. The van der Waals surface area contributed by atoms with Crippen LogP contribution in [0.15, 0.2) is 72.6 Å². The van der Waals surface area contributed by atoms with Gasteiger partial charge in [0.2, 0.25) is 0 Å². The number of carbonyl (C=O) groups is 2. The molecular formula is C29H28N2O5.